The molecule has 0 bridgehead atoms. The molecule has 186 valence electrons. The largest absolute Gasteiger partial charge is 0.454 e. The van der Waals surface area contributed by atoms with Crippen molar-refractivity contribution in [1.82, 2.24) is 8.87 Å². The van der Waals surface area contributed by atoms with E-state index in [2.05, 4.69) is 4.57 Å². The first-order valence-corrected chi connectivity index (χ1v) is 13.1. The molecule has 0 aliphatic heterocycles. The Morgan fingerprint density at radius 2 is 1.60 bits per heavy atom. The van der Waals surface area contributed by atoms with Crippen LogP contribution in [0.2, 0.25) is 0 Å². The van der Waals surface area contributed by atoms with Crippen LogP contribution in [0.3, 0.4) is 0 Å². The number of aryl methyl sites for hydroxylation is 2. The summed E-state index contributed by atoms with van der Waals surface area (Å²) in [6.07, 6.45) is 0. The first kappa shape index (κ1) is 26.4. The Labute approximate surface area is 207 Å². The SMILES string of the molecule is CCN(CC)S(=O)(=O)c1cc(C(=O)OCC(=O)c2cc(C)n(Cc3ccccc3)c2C)ccc1C. The average molecular weight is 497 g/mol. The van der Waals surface area contributed by atoms with Crippen molar-refractivity contribution in [2.24, 2.45) is 0 Å². The lowest BCUT2D eigenvalue weighted by atomic mass is 10.1. The molecule has 0 amide bonds. The van der Waals surface area contributed by atoms with Crippen LogP contribution in [0.5, 0.6) is 0 Å². The van der Waals surface area contributed by atoms with Gasteiger partial charge < -0.3 is 9.30 Å². The second kappa shape index (κ2) is 11.0. The molecular weight excluding hydrogens is 464 g/mol. The molecule has 0 atom stereocenters. The second-order valence-electron chi connectivity index (χ2n) is 8.43. The van der Waals surface area contributed by atoms with Crippen LogP contribution >= 0.6 is 0 Å². The number of ketones is 1. The normalized spacial score (nSPS) is 11.6. The quantitative estimate of drug-likeness (QED) is 0.304. The predicted molar refractivity (Wildman–Crippen MR) is 135 cm³/mol. The van der Waals surface area contributed by atoms with Crippen molar-refractivity contribution in [2.75, 3.05) is 19.7 Å². The molecule has 0 fully saturated rings. The number of nitrogens with zero attached hydrogens (tertiary/aromatic N) is 2. The Hall–Kier alpha value is -3.23. The van der Waals surface area contributed by atoms with Crippen molar-refractivity contribution in [3.8, 4) is 0 Å². The predicted octanol–water partition coefficient (Wildman–Crippen LogP) is 4.53. The molecule has 0 N–H and O–H groups in total. The van der Waals surface area contributed by atoms with Crippen molar-refractivity contribution in [3.63, 3.8) is 0 Å². The minimum Gasteiger partial charge on any atom is -0.454 e. The molecule has 8 heteroatoms. The number of sulfonamides is 1. The number of ether oxygens (including phenoxy) is 1. The summed E-state index contributed by atoms with van der Waals surface area (Å²) in [5.74, 6) is -1.05. The first-order chi connectivity index (χ1) is 16.6. The minimum atomic E-state index is -3.74. The lowest BCUT2D eigenvalue weighted by Gasteiger charge is -2.20. The van der Waals surface area contributed by atoms with Gasteiger partial charge in [-0.05, 0) is 50.1 Å². The van der Waals surface area contributed by atoms with E-state index in [9.17, 15) is 18.0 Å². The van der Waals surface area contributed by atoms with Crippen LogP contribution in [0.4, 0.5) is 0 Å². The smallest absolute Gasteiger partial charge is 0.338 e. The highest BCUT2D eigenvalue weighted by Crippen LogP contribution is 2.22. The molecule has 0 spiro atoms. The fraction of sp³-hybridized carbons (Fsp3) is 0.333. The summed E-state index contributed by atoms with van der Waals surface area (Å²) in [6.45, 7) is 9.86. The summed E-state index contributed by atoms with van der Waals surface area (Å²) in [4.78, 5) is 25.6. The van der Waals surface area contributed by atoms with E-state index in [1.807, 2.05) is 44.2 Å². The van der Waals surface area contributed by atoms with Gasteiger partial charge in [-0.1, -0.05) is 50.2 Å². The van der Waals surface area contributed by atoms with Gasteiger partial charge in [-0.3, -0.25) is 4.79 Å². The van der Waals surface area contributed by atoms with E-state index in [1.54, 1.807) is 32.9 Å². The van der Waals surface area contributed by atoms with Crippen LogP contribution in [0, 0.1) is 20.8 Å². The van der Waals surface area contributed by atoms with Gasteiger partial charge in [0.15, 0.2) is 6.61 Å². The third kappa shape index (κ3) is 5.71. The van der Waals surface area contributed by atoms with Crippen molar-refractivity contribution in [1.29, 1.82) is 0 Å². The molecule has 0 aliphatic rings. The van der Waals surface area contributed by atoms with Gasteiger partial charge in [0, 0.05) is 36.6 Å². The molecular formula is C27H32N2O5S. The molecule has 3 aromatic rings. The van der Waals surface area contributed by atoms with Gasteiger partial charge in [-0.2, -0.15) is 4.31 Å². The Morgan fingerprint density at radius 1 is 0.943 bits per heavy atom. The lowest BCUT2D eigenvalue weighted by Crippen LogP contribution is -2.31. The molecule has 2 aromatic carbocycles. The summed E-state index contributed by atoms with van der Waals surface area (Å²) < 4.78 is 34.6. The Bertz CT molecular complexity index is 1320. The zero-order valence-corrected chi connectivity index (χ0v) is 21.7. The Kier molecular flexibility index (Phi) is 8.30. The van der Waals surface area contributed by atoms with E-state index in [0.29, 0.717) is 30.8 Å². The topological polar surface area (TPSA) is 85.7 Å². The molecule has 1 heterocycles. The highest BCUT2D eigenvalue weighted by atomic mass is 32.2. The highest BCUT2D eigenvalue weighted by Gasteiger charge is 2.25. The number of carbonyl (C=O) groups is 2. The van der Waals surface area contributed by atoms with Gasteiger partial charge in [-0.15, -0.1) is 0 Å². The van der Waals surface area contributed by atoms with Crippen molar-refractivity contribution < 1.29 is 22.7 Å². The number of hydrogen-bond acceptors (Lipinski definition) is 5. The van der Waals surface area contributed by atoms with Crippen LogP contribution < -0.4 is 0 Å². The minimum absolute atomic E-state index is 0.0615. The zero-order chi connectivity index (χ0) is 25.8. The number of carbonyl (C=O) groups excluding carboxylic acids is 2. The molecule has 0 unspecified atom stereocenters. The number of rotatable bonds is 10. The molecule has 0 radical (unpaired) electrons. The molecule has 1 aromatic heterocycles. The molecule has 0 saturated heterocycles. The highest BCUT2D eigenvalue weighted by molar-refractivity contribution is 7.89. The number of esters is 1. The van der Waals surface area contributed by atoms with E-state index in [-0.39, 0.29) is 16.2 Å². The standard InChI is InChI=1S/C27H32N2O5S/c1-6-28(7-2)35(32,33)26-16-23(14-13-19(26)3)27(31)34-18-25(30)24-15-20(4)29(21(24)5)17-22-11-9-8-10-12-22/h8-16H,6-7,17-18H2,1-5H3. The van der Waals surface area contributed by atoms with Crippen molar-refractivity contribution >= 4 is 21.8 Å². The summed E-state index contributed by atoms with van der Waals surface area (Å²) in [5, 5.41) is 0. The van der Waals surface area contributed by atoms with Gasteiger partial charge in [0.1, 0.15) is 0 Å². The van der Waals surface area contributed by atoms with Crippen LogP contribution in [0.15, 0.2) is 59.5 Å². The third-order valence-corrected chi connectivity index (χ3v) is 8.33. The van der Waals surface area contributed by atoms with Gasteiger partial charge in [0.25, 0.3) is 0 Å². The van der Waals surface area contributed by atoms with Gasteiger partial charge in [0.05, 0.1) is 10.5 Å². The number of Topliss-reactive ketones (excluding diaryl/α,β-unsaturated/α-hetero) is 1. The molecule has 3 rings (SSSR count). The summed E-state index contributed by atoms with van der Waals surface area (Å²) in [6, 6.07) is 16.2. The molecule has 7 nitrogen and oxygen atoms in total. The van der Waals surface area contributed by atoms with Crippen LogP contribution in [0.25, 0.3) is 0 Å². The van der Waals surface area contributed by atoms with Gasteiger partial charge in [-0.25, -0.2) is 13.2 Å². The van der Waals surface area contributed by atoms with Crippen LogP contribution in [-0.4, -0.2) is 48.7 Å². The van der Waals surface area contributed by atoms with Crippen molar-refractivity contribution in [3.05, 3.63) is 88.2 Å². The summed E-state index contributed by atoms with van der Waals surface area (Å²) >= 11 is 0. The fourth-order valence-corrected chi connectivity index (χ4v) is 5.80. The maximum Gasteiger partial charge on any atom is 0.338 e. The maximum atomic E-state index is 13.0. The van der Waals surface area contributed by atoms with E-state index in [0.717, 1.165) is 17.0 Å². The van der Waals surface area contributed by atoms with Gasteiger partial charge in [0.2, 0.25) is 15.8 Å². The lowest BCUT2D eigenvalue weighted by molar-refractivity contribution is 0.0474. The first-order valence-electron chi connectivity index (χ1n) is 11.6. The second-order valence-corrected chi connectivity index (χ2v) is 10.3. The van der Waals surface area contributed by atoms with E-state index >= 15 is 0 Å². The number of hydrogen-bond donors (Lipinski definition) is 0. The van der Waals surface area contributed by atoms with Crippen molar-refractivity contribution in [2.45, 2.75) is 46.1 Å². The molecule has 0 aliphatic carbocycles. The molecule has 35 heavy (non-hydrogen) atoms. The van der Waals surface area contributed by atoms with E-state index in [1.165, 1.54) is 16.4 Å². The number of benzene rings is 2. The zero-order valence-electron chi connectivity index (χ0n) is 20.9. The number of aromatic nitrogens is 1. The van der Waals surface area contributed by atoms with E-state index in [4.69, 9.17) is 4.74 Å². The Balaban J connectivity index is 1.75. The van der Waals surface area contributed by atoms with E-state index < -0.39 is 22.6 Å². The molecule has 0 saturated carbocycles. The summed E-state index contributed by atoms with van der Waals surface area (Å²) in [7, 11) is -3.74. The van der Waals surface area contributed by atoms with Gasteiger partial charge >= 0.3 is 5.97 Å². The van der Waals surface area contributed by atoms with Crippen LogP contribution in [0.1, 0.15) is 57.1 Å². The average Bonchev–Trinajstić information content (AvgIpc) is 3.12. The monoisotopic (exact) mass is 496 g/mol. The Morgan fingerprint density at radius 3 is 2.23 bits per heavy atom. The van der Waals surface area contributed by atoms with Crippen LogP contribution in [-0.2, 0) is 21.3 Å². The summed E-state index contributed by atoms with van der Waals surface area (Å²) in [5.41, 5.74) is 3.98. The third-order valence-electron chi connectivity index (χ3n) is 6.14. The maximum absolute atomic E-state index is 13.0. The fourth-order valence-electron chi connectivity index (χ4n) is 4.09.